The summed E-state index contributed by atoms with van der Waals surface area (Å²) in [7, 11) is 1.77. The second kappa shape index (κ2) is 20.1. The third-order valence-corrected chi connectivity index (χ3v) is 7.39. The molecule has 1 unspecified atom stereocenters. The van der Waals surface area contributed by atoms with E-state index in [1.807, 2.05) is 36.4 Å². The highest BCUT2D eigenvalue weighted by Gasteiger charge is 2.16. The maximum atomic E-state index is 12.6. The number of hydrogen-bond donors (Lipinski definition) is 4. The first-order valence-corrected chi connectivity index (χ1v) is 16.2. The fraction of sp³-hybridized carbons (Fsp3) is 0.406. The zero-order valence-corrected chi connectivity index (χ0v) is 26.9. The summed E-state index contributed by atoms with van der Waals surface area (Å²) in [6.07, 6.45) is 5.36. The summed E-state index contributed by atoms with van der Waals surface area (Å²) in [5.41, 5.74) is 3.19. The maximum Gasteiger partial charge on any atom is 0.317 e. The fourth-order valence-electron chi connectivity index (χ4n) is 4.78. The molecule has 13 nitrogen and oxygen atoms in total. The minimum absolute atomic E-state index is 0.0323. The molecule has 0 saturated heterocycles. The van der Waals surface area contributed by atoms with Gasteiger partial charge in [-0.3, -0.25) is 48.3 Å². The first-order valence-electron chi connectivity index (χ1n) is 15.1. The molecule has 3 rings (SSSR count). The van der Waals surface area contributed by atoms with E-state index in [9.17, 15) is 23.7 Å². The molecular formula is C32H43N7O6S. The normalized spacial score (nSPS) is 11.9. The number of likely N-dealkylation sites (N-methyl/N-ethyl adjacent to an activating group) is 1. The Morgan fingerprint density at radius 1 is 0.804 bits per heavy atom. The number of carboxylic acids is 1. The molecule has 3 aromatic rings. The number of aromatic nitrogens is 2. The standard InChI is InChI=1S/C32H43N7O6S/c1-37(23-30(40)20-26-10-12-27(13-11-26)36-46(44)45)18-19-39(25-32(42)43)24-31(41)35-16-6-7-17-38(21-28-8-2-4-14-33-28)22-29-9-3-5-15-34-29/h2-5,8-15,36H,6-7,16-25H2,1H3,(H,35,41)(H,42,43)(H,44,45). The molecule has 0 aliphatic heterocycles. The van der Waals surface area contributed by atoms with Crippen LogP contribution in [0.3, 0.4) is 0 Å². The van der Waals surface area contributed by atoms with Crippen LogP contribution in [0.1, 0.15) is 29.8 Å². The number of unbranched alkanes of at least 4 members (excludes halogenated alkanes) is 1. The van der Waals surface area contributed by atoms with Crippen molar-refractivity contribution in [3.05, 3.63) is 90.0 Å². The molecule has 1 amide bonds. The Labute approximate surface area is 272 Å². The van der Waals surface area contributed by atoms with Gasteiger partial charge < -0.3 is 10.4 Å². The second-order valence-corrected chi connectivity index (χ2v) is 11.7. The van der Waals surface area contributed by atoms with Gasteiger partial charge >= 0.3 is 5.97 Å². The van der Waals surface area contributed by atoms with Crippen LogP contribution in [0.15, 0.2) is 73.1 Å². The molecule has 1 atom stereocenters. The SMILES string of the molecule is CN(CCN(CC(=O)O)CC(=O)NCCCCN(Cc1ccccn1)Cc1ccccn1)CC(=O)Cc1ccc(NS(=O)O)cc1. The molecule has 2 heterocycles. The van der Waals surface area contributed by atoms with E-state index in [1.54, 1.807) is 53.5 Å². The number of rotatable bonds is 22. The monoisotopic (exact) mass is 653 g/mol. The predicted molar refractivity (Wildman–Crippen MR) is 176 cm³/mol. The van der Waals surface area contributed by atoms with Gasteiger partial charge in [-0.1, -0.05) is 24.3 Å². The van der Waals surface area contributed by atoms with Crippen molar-refractivity contribution in [2.45, 2.75) is 32.4 Å². The van der Waals surface area contributed by atoms with E-state index in [2.05, 4.69) is 24.9 Å². The molecule has 1 aromatic carbocycles. The van der Waals surface area contributed by atoms with Crippen molar-refractivity contribution in [2.24, 2.45) is 0 Å². The highest BCUT2D eigenvalue weighted by Crippen LogP contribution is 2.11. The molecule has 0 aliphatic carbocycles. The smallest absolute Gasteiger partial charge is 0.317 e. The Kier molecular flexibility index (Phi) is 15.9. The van der Waals surface area contributed by atoms with E-state index in [4.69, 9.17) is 4.55 Å². The van der Waals surface area contributed by atoms with E-state index >= 15 is 0 Å². The molecule has 0 saturated carbocycles. The molecule has 248 valence electrons. The number of anilines is 1. The Hall–Kier alpha value is -4.08. The number of nitrogens with one attached hydrogen (secondary N) is 2. The largest absolute Gasteiger partial charge is 0.480 e. The quantitative estimate of drug-likeness (QED) is 0.0925. The summed E-state index contributed by atoms with van der Waals surface area (Å²) in [5, 5.41) is 12.3. The van der Waals surface area contributed by atoms with Gasteiger partial charge in [0.1, 0.15) is 0 Å². The minimum atomic E-state index is -2.17. The van der Waals surface area contributed by atoms with Gasteiger partial charge in [-0.2, -0.15) is 0 Å². The van der Waals surface area contributed by atoms with E-state index < -0.39 is 17.2 Å². The topological polar surface area (TPSA) is 168 Å². The fourth-order valence-corrected chi connectivity index (χ4v) is 5.11. The van der Waals surface area contributed by atoms with Crippen LogP contribution in [0.5, 0.6) is 0 Å². The zero-order valence-electron chi connectivity index (χ0n) is 26.1. The van der Waals surface area contributed by atoms with Crippen LogP contribution >= 0.6 is 0 Å². The van der Waals surface area contributed by atoms with Gasteiger partial charge in [0.05, 0.1) is 31.0 Å². The van der Waals surface area contributed by atoms with Crippen molar-refractivity contribution in [1.29, 1.82) is 0 Å². The van der Waals surface area contributed by atoms with Crippen molar-refractivity contribution in [3.63, 3.8) is 0 Å². The van der Waals surface area contributed by atoms with Gasteiger partial charge in [-0.25, -0.2) is 4.21 Å². The van der Waals surface area contributed by atoms with Crippen molar-refractivity contribution < 1.29 is 28.3 Å². The predicted octanol–water partition coefficient (Wildman–Crippen LogP) is 2.05. The molecule has 0 aliphatic rings. The number of carboxylic acid groups (broad SMARTS) is 1. The third kappa shape index (κ3) is 15.3. The number of Topliss-reactive ketones (excluding diaryl/α,β-unsaturated/α-hetero) is 1. The summed E-state index contributed by atoms with van der Waals surface area (Å²) in [6.45, 7) is 3.17. The lowest BCUT2D eigenvalue weighted by molar-refractivity contribution is -0.139. The Morgan fingerprint density at radius 2 is 1.46 bits per heavy atom. The van der Waals surface area contributed by atoms with E-state index in [0.717, 1.165) is 36.3 Å². The Bertz CT molecular complexity index is 1340. The van der Waals surface area contributed by atoms with Crippen molar-refractivity contribution >= 4 is 34.6 Å². The average Bonchev–Trinajstić information content (AvgIpc) is 3.01. The molecule has 14 heteroatoms. The number of ketones is 1. The van der Waals surface area contributed by atoms with Crippen LogP contribution in [0.4, 0.5) is 5.69 Å². The number of benzene rings is 1. The lowest BCUT2D eigenvalue weighted by Crippen LogP contribution is -2.43. The number of carbonyl (C=O) groups is 3. The van der Waals surface area contributed by atoms with Crippen molar-refractivity contribution in [1.82, 2.24) is 30.0 Å². The van der Waals surface area contributed by atoms with Crippen LogP contribution in [0, 0.1) is 0 Å². The number of aliphatic carboxylic acids is 1. The summed E-state index contributed by atoms with van der Waals surface area (Å²) >= 11 is -2.17. The number of hydrogen-bond acceptors (Lipinski definition) is 9. The van der Waals surface area contributed by atoms with Gasteiger partial charge in [0.2, 0.25) is 5.91 Å². The molecule has 2 aromatic heterocycles. The number of pyridine rings is 2. The van der Waals surface area contributed by atoms with Crippen LogP contribution < -0.4 is 10.0 Å². The van der Waals surface area contributed by atoms with Crippen LogP contribution in [-0.4, -0.2) is 109 Å². The van der Waals surface area contributed by atoms with Crippen LogP contribution in [0.25, 0.3) is 0 Å². The highest BCUT2D eigenvalue weighted by atomic mass is 32.2. The first kappa shape index (κ1) is 36.4. The van der Waals surface area contributed by atoms with Crippen molar-refractivity contribution in [2.75, 3.05) is 57.6 Å². The molecular weight excluding hydrogens is 610 g/mol. The van der Waals surface area contributed by atoms with Gasteiger partial charge in [-0.05, 0) is 68.4 Å². The number of nitrogens with zero attached hydrogens (tertiary/aromatic N) is 5. The summed E-state index contributed by atoms with van der Waals surface area (Å²) in [5.74, 6) is -1.31. The van der Waals surface area contributed by atoms with Gasteiger partial charge in [0.25, 0.3) is 11.3 Å². The molecule has 0 fully saturated rings. The summed E-state index contributed by atoms with van der Waals surface area (Å²) in [4.78, 5) is 51.1. The number of carbonyl (C=O) groups excluding carboxylic acids is 2. The average molecular weight is 654 g/mol. The molecule has 4 N–H and O–H groups in total. The molecule has 0 bridgehead atoms. The van der Waals surface area contributed by atoms with Crippen LogP contribution in [0.2, 0.25) is 0 Å². The maximum absolute atomic E-state index is 12.6. The first-order chi connectivity index (χ1) is 22.2. The van der Waals surface area contributed by atoms with Gasteiger partial charge in [0, 0.05) is 57.2 Å². The summed E-state index contributed by atoms with van der Waals surface area (Å²) < 4.78 is 22.1. The second-order valence-electron chi connectivity index (χ2n) is 11.0. The van der Waals surface area contributed by atoms with Crippen molar-refractivity contribution in [3.8, 4) is 0 Å². The number of amides is 1. The molecule has 46 heavy (non-hydrogen) atoms. The van der Waals surface area contributed by atoms with Gasteiger partial charge in [0.15, 0.2) is 5.78 Å². The van der Waals surface area contributed by atoms with Crippen LogP contribution in [-0.2, 0) is 45.2 Å². The lowest BCUT2D eigenvalue weighted by atomic mass is 10.1. The Balaban J connectivity index is 1.37. The minimum Gasteiger partial charge on any atom is -0.480 e. The molecule has 0 spiro atoms. The Morgan fingerprint density at radius 3 is 2.02 bits per heavy atom. The van der Waals surface area contributed by atoms with Gasteiger partial charge in [-0.15, -0.1) is 0 Å². The summed E-state index contributed by atoms with van der Waals surface area (Å²) in [6, 6.07) is 18.4. The third-order valence-electron chi connectivity index (χ3n) is 6.98. The highest BCUT2D eigenvalue weighted by molar-refractivity contribution is 7.80. The van der Waals surface area contributed by atoms with E-state index in [-0.39, 0.29) is 37.7 Å². The van der Waals surface area contributed by atoms with E-state index in [0.29, 0.717) is 38.4 Å². The molecule has 0 radical (unpaired) electrons. The zero-order chi connectivity index (χ0) is 33.1. The van der Waals surface area contributed by atoms with E-state index in [1.165, 1.54) is 0 Å². The lowest BCUT2D eigenvalue weighted by Gasteiger charge is -2.23.